The molecular weight excluding hydrogens is 355 g/mol. The van der Waals surface area contributed by atoms with Crippen LogP contribution < -0.4 is 5.32 Å². The first-order valence-electron chi connectivity index (χ1n) is 7.96. The molecule has 1 aromatic carbocycles. The molecule has 130 valence electrons. The number of nitrogens with zero attached hydrogens (tertiary/aromatic N) is 4. The number of rotatable bonds is 4. The van der Waals surface area contributed by atoms with Crippen molar-refractivity contribution in [2.75, 3.05) is 5.32 Å². The fourth-order valence-corrected chi connectivity index (χ4v) is 2.85. The van der Waals surface area contributed by atoms with E-state index in [1.54, 1.807) is 6.07 Å². The molecule has 0 aliphatic heterocycles. The van der Waals surface area contributed by atoms with E-state index < -0.39 is 5.95 Å². The van der Waals surface area contributed by atoms with E-state index in [9.17, 15) is 4.39 Å². The van der Waals surface area contributed by atoms with E-state index in [0.717, 1.165) is 5.56 Å². The van der Waals surface area contributed by atoms with Crippen molar-refractivity contribution in [2.24, 2.45) is 0 Å². The molecule has 0 aliphatic rings. The summed E-state index contributed by atoms with van der Waals surface area (Å²) in [5, 5.41) is 10.4. The van der Waals surface area contributed by atoms with Gasteiger partial charge in [0.1, 0.15) is 16.4 Å². The summed E-state index contributed by atoms with van der Waals surface area (Å²) >= 11 is 5.92. The zero-order valence-electron chi connectivity index (χ0n) is 13.7. The number of nitrogens with one attached hydrogen (secondary N) is 2. The summed E-state index contributed by atoms with van der Waals surface area (Å²) in [6, 6.07) is 11.3. The average Bonchev–Trinajstić information content (AvgIpc) is 3.07. The smallest absolute Gasteiger partial charge is 0.236 e. The molecule has 0 amide bonds. The largest absolute Gasteiger partial charge is 0.375 e. The highest BCUT2D eigenvalue weighted by Gasteiger charge is 2.15. The Morgan fingerprint density at radius 1 is 1.15 bits per heavy atom. The third-order valence-corrected chi connectivity index (χ3v) is 4.21. The van der Waals surface area contributed by atoms with Gasteiger partial charge >= 0.3 is 0 Å². The van der Waals surface area contributed by atoms with Crippen LogP contribution in [-0.4, -0.2) is 25.1 Å². The maximum Gasteiger partial charge on any atom is 0.236 e. The minimum Gasteiger partial charge on any atom is -0.375 e. The maximum absolute atomic E-state index is 14.2. The Hall–Kier alpha value is -3.06. The Labute approximate surface area is 153 Å². The molecule has 0 spiro atoms. The van der Waals surface area contributed by atoms with Gasteiger partial charge in [-0.25, -0.2) is 15.0 Å². The minimum absolute atomic E-state index is 0.0899. The number of benzene rings is 1. The van der Waals surface area contributed by atoms with Gasteiger partial charge in [0.25, 0.3) is 0 Å². The van der Waals surface area contributed by atoms with Crippen LogP contribution in [0.15, 0.2) is 48.8 Å². The fraction of sp³-hybridized carbons (Fsp3) is 0.111. The summed E-state index contributed by atoms with van der Waals surface area (Å²) in [5.74, 6) is -0.583. The van der Waals surface area contributed by atoms with Crippen LogP contribution in [0.4, 0.5) is 10.1 Å². The third-order valence-electron chi connectivity index (χ3n) is 4.03. The van der Waals surface area contributed by atoms with Gasteiger partial charge in [0.2, 0.25) is 5.95 Å². The molecule has 0 saturated carbocycles. The van der Waals surface area contributed by atoms with Crippen molar-refractivity contribution >= 4 is 28.5 Å². The number of hydrogen-bond acceptors (Lipinski definition) is 5. The predicted octanol–water partition coefficient (Wildman–Crippen LogP) is 4.38. The molecule has 3 aromatic heterocycles. The van der Waals surface area contributed by atoms with Crippen LogP contribution in [0, 0.1) is 5.95 Å². The number of aromatic nitrogens is 5. The van der Waals surface area contributed by atoms with Crippen LogP contribution in [0.1, 0.15) is 18.5 Å². The highest BCUT2D eigenvalue weighted by molar-refractivity contribution is 6.29. The van der Waals surface area contributed by atoms with Crippen molar-refractivity contribution in [1.29, 1.82) is 0 Å². The molecule has 0 saturated heterocycles. The SMILES string of the molecule is C[C@H](Nc1cc(-c2n[nH]c3ncc(Cl)nc23)cnc1F)c1ccccc1. The van der Waals surface area contributed by atoms with E-state index in [1.165, 1.54) is 12.4 Å². The Bertz CT molecular complexity index is 1070. The molecule has 6 nitrogen and oxygen atoms in total. The van der Waals surface area contributed by atoms with Crippen LogP contribution in [0.25, 0.3) is 22.4 Å². The molecule has 4 rings (SSSR count). The lowest BCUT2D eigenvalue weighted by molar-refractivity contribution is 0.585. The molecule has 0 unspecified atom stereocenters. The summed E-state index contributed by atoms with van der Waals surface area (Å²) in [5.41, 5.74) is 3.45. The third kappa shape index (κ3) is 3.09. The van der Waals surface area contributed by atoms with Crippen molar-refractivity contribution in [1.82, 2.24) is 25.1 Å². The topological polar surface area (TPSA) is 79.4 Å². The summed E-state index contributed by atoms with van der Waals surface area (Å²) < 4.78 is 14.2. The fourth-order valence-electron chi connectivity index (χ4n) is 2.71. The number of halogens is 2. The number of H-pyrrole nitrogens is 1. The molecule has 4 aromatic rings. The second kappa shape index (κ2) is 6.68. The number of fused-ring (bicyclic) bond motifs is 1. The number of pyridine rings is 1. The van der Waals surface area contributed by atoms with Crippen LogP contribution >= 0.6 is 11.6 Å². The summed E-state index contributed by atoms with van der Waals surface area (Å²) in [6.07, 6.45) is 2.84. The lowest BCUT2D eigenvalue weighted by atomic mass is 10.1. The van der Waals surface area contributed by atoms with Crippen molar-refractivity contribution in [3.8, 4) is 11.3 Å². The zero-order chi connectivity index (χ0) is 18.1. The maximum atomic E-state index is 14.2. The second-order valence-electron chi connectivity index (χ2n) is 5.80. The number of aromatic amines is 1. The number of anilines is 1. The van der Waals surface area contributed by atoms with Gasteiger partial charge in [-0.05, 0) is 18.6 Å². The van der Waals surface area contributed by atoms with Gasteiger partial charge in [0.15, 0.2) is 5.65 Å². The van der Waals surface area contributed by atoms with E-state index in [1.807, 2.05) is 37.3 Å². The number of hydrogen-bond donors (Lipinski definition) is 2. The summed E-state index contributed by atoms with van der Waals surface area (Å²) in [6.45, 7) is 1.95. The van der Waals surface area contributed by atoms with Crippen LogP contribution in [0.3, 0.4) is 0 Å². The van der Waals surface area contributed by atoms with E-state index in [0.29, 0.717) is 22.4 Å². The molecule has 2 N–H and O–H groups in total. The quantitative estimate of drug-likeness (QED) is 0.522. The summed E-state index contributed by atoms with van der Waals surface area (Å²) in [4.78, 5) is 12.2. The molecule has 0 radical (unpaired) electrons. The van der Waals surface area contributed by atoms with Gasteiger partial charge in [-0.2, -0.15) is 9.49 Å². The van der Waals surface area contributed by atoms with Crippen molar-refractivity contribution in [3.63, 3.8) is 0 Å². The van der Waals surface area contributed by atoms with Gasteiger partial charge in [-0.15, -0.1) is 0 Å². The monoisotopic (exact) mass is 368 g/mol. The van der Waals surface area contributed by atoms with Gasteiger partial charge < -0.3 is 5.32 Å². The van der Waals surface area contributed by atoms with Crippen molar-refractivity contribution in [3.05, 3.63) is 65.5 Å². The second-order valence-corrected chi connectivity index (χ2v) is 6.19. The minimum atomic E-state index is -0.583. The predicted molar refractivity (Wildman–Crippen MR) is 98.4 cm³/mol. The van der Waals surface area contributed by atoms with Gasteiger partial charge in [-0.3, -0.25) is 5.10 Å². The van der Waals surface area contributed by atoms with E-state index in [4.69, 9.17) is 11.6 Å². The molecule has 8 heteroatoms. The summed E-state index contributed by atoms with van der Waals surface area (Å²) in [7, 11) is 0. The lowest BCUT2D eigenvalue weighted by Crippen LogP contribution is -2.08. The highest BCUT2D eigenvalue weighted by atomic mass is 35.5. The lowest BCUT2D eigenvalue weighted by Gasteiger charge is -2.16. The van der Waals surface area contributed by atoms with Crippen LogP contribution in [0.2, 0.25) is 5.15 Å². The van der Waals surface area contributed by atoms with E-state index >= 15 is 0 Å². The standard InChI is InChI=1S/C18H14ClFN6/c1-10(11-5-3-2-4-6-11)23-13-7-12(8-21-17(13)20)15-16-18(26-25-15)22-9-14(19)24-16/h2-10,23H,1H3,(H,22,25,26)/t10-/m0/s1. The molecule has 0 fully saturated rings. The Morgan fingerprint density at radius 3 is 2.77 bits per heavy atom. The highest BCUT2D eigenvalue weighted by Crippen LogP contribution is 2.28. The first-order chi connectivity index (χ1) is 12.6. The Balaban J connectivity index is 1.71. The molecule has 26 heavy (non-hydrogen) atoms. The molecular formula is C18H14ClFN6. The molecule has 0 aliphatic carbocycles. The van der Waals surface area contributed by atoms with Gasteiger partial charge in [0, 0.05) is 17.8 Å². The van der Waals surface area contributed by atoms with Crippen LogP contribution in [-0.2, 0) is 0 Å². The van der Waals surface area contributed by atoms with Crippen molar-refractivity contribution in [2.45, 2.75) is 13.0 Å². The van der Waals surface area contributed by atoms with Crippen LogP contribution in [0.5, 0.6) is 0 Å². The molecule has 0 bridgehead atoms. The zero-order valence-corrected chi connectivity index (χ0v) is 14.5. The van der Waals surface area contributed by atoms with Gasteiger partial charge in [0.05, 0.1) is 11.9 Å². The van der Waals surface area contributed by atoms with Gasteiger partial charge in [-0.1, -0.05) is 41.9 Å². The molecule has 1 atom stereocenters. The first kappa shape index (κ1) is 16.4. The van der Waals surface area contributed by atoms with E-state index in [-0.39, 0.29) is 16.9 Å². The average molecular weight is 369 g/mol. The van der Waals surface area contributed by atoms with Crippen molar-refractivity contribution < 1.29 is 4.39 Å². The van der Waals surface area contributed by atoms with E-state index in [2.05, 4.69) is 30.5 Å². The normalized spacial score (nSPS) is 12.3. The Kier molecular flexibility index (Phi) is 4.22. The first-order valence-corrected chi connectivity index (χ1v) is 8.33. The molecule has 3 heterocycles. The Morgan fingerprint density at radius 2 is 1.96 bits per heavy atom.